The van der Waals surface area contributed by atoms with Crippen molar-refractivity contribution < 1.29 is 4.79 Å². The fraction of sp³-hybridized carbons (Fsp3) is 0.286. The number of rotatable bonds is 3. The van der Waals surface area contributed by atoms with E-state index >= 15 is 0 Å². The Bertz CT molecular complexity index is 528. The van der Waals surface area contributed by atoms with Gasteiger partial charge in [0, 0.05) is 11.6 Å². The van der Waals surface area contributed by atoms with E-state index in [2.05, 4.69) is 29.3 Å². The van der Waals surface area contributed by atoms with Crippen LogP contribution in [0.3, 0.4) is 0 Å². The lowest BCUT2D eigenvalue weighted by Crippen LogP contribution is -2.04. The molecule has 0 fully saturated rings. The zero-order chi connectivity index (χ0) is 12.4. The number of carbonyl (C=O) groups is 1. The Morgan fingerprint density at radius 1 is 1.29 bits per heavy atom. The van der Waals surface area contributed by atoms with Crippen molar-refractivity contribution >= 4 is 5.78 Å². The molecule has 88 valence electrons. The minimum Gasteiger partial charge on any atom is -0.294 e. The number of aromatic nitrogens is 2. The largest absolute Gasteiger partial charge is 0.294 e. The summed E-state index contributed by atoms with van der Waals surface area (Å²) < 4.78 is 0. The third-order valence-corrected chi connectivity index (χ3v) is 3.04. The summed E-state index contributed by atoms with van der Waals surface area (Å²) in [7, 11) is 0. The Labute approximate surface area is 101 Å². The molecule has 2 aromatic rings. The molecule has 3 heteroatoms. The van der Waals surface area contributed by atoms with Gasteiger partial charge in [0.1, 0.15) is 0 Å². The molecule has 0 bridgehead atoms. The Morgan fingerprint density at radius 3 is 2.53 bits per heavy atom. The first kappa shape index (κ1) is 11.6. The summed E-state index contributed by atoms with van der Waals surface area (Å²) in [5, 5.41) is 7.17. The monoisotopic (exact) mass is 228 g/mol. The summed E-state index contributed by atoms with van der Waals surface area (Å²) in [6.07, 6.45) is 0. The Balaban J connectivity index is 2.45. The third kappa shape index (κ3) is 2.13. The molecule has 17 heavy (non-hydrogen) atoms. The van der Waals surface area contributed by atoms with Crippen LogP contribution in [0.25, 0.3) is 0 Å². The second-order valence-electron chi connectivity index (χ2n) is 4.30. The number of benzene rings is 1. The van der Waals surface area contributed by atoms with Gasteiger partial charge in [-0.1, -0.05) is 37.3 Å². The van der Waals surface area contributed by atoms with E-state index < -0.39 is 0 Å². The minimum atomic E-state index is 0.0639. The maximum Gasteiger partial charge on any atom is 0.163 e. The number of aryl methyl sites for hydroxylation is 1. The molecule has 0 aliphatic rings. The van der Waals surface area contributed by atoms with Crippen molar-refractivity contribution in [3.8, 4) is 0 Å². The van der Waals surface area contributed by atoms with Gasteiger partial charge in [-0.25, -0.2) is 0 Å². The number of hydrogen-bond acceptors (Lipinski definition) is 2. The van der Waals surface area contributed by atoms with E-state index in [-0.39, 0.29) is 11.7 Å². The van der Waals surface area contributed by atoms with Crippen molar-refractivity contribution in [2.24, 2.45) is 0 Å². The van der Waals surface area contributed by atoms with Gasteiger partial charge in [0.15, 0.2) is 5.78 Å². The van der Waals surface area contributed by atoms with Crippen LogP contribution in [-0.4, -0.2) is 16.0 Å². The quantitative estimate of drug-likeness (QED) is 0.820. The maximum absolute atomic E-state index is 11.6. The van der Waals surface area contributed by atoms with Crippen LogP contribution < -0.4 is 0 Å². The highest BCUT2D eigenvalue weighted by Gasteiger charge is 2.20. The number of nitrogens with one attached hydrogen (secondary N) is 1. The van der Waals surface area contributed by atoms with E-state index in [0.29, 0.717) is 0 Å². The zero-order valence-electron chi connectivity index (χ0n) is 10.3. The Kier molecular flexibility index (Phi) is 3.09. The number of H-pyrrole nitrogens is 1. The summed E-state index contributed by atoms with van der Waals surface area (Å²) in [5.74, 6) is 0.189. The molecule has 1 unspecified atom stereocenters. The lowest BCUT2D eigenvalue weighted by Gasteiger charge is -2.10. The van der Waals surface area contributed by atoms with Crippen molar-refractivity contribution in [3.05, 3.63) is 52.8 Å². The lowest BCUT2D eigenvalue weighted by molar-refractivity contribution is 0.101. The number of ketones is 1. The molecular weight excluding hydrogens is 212 g/mol. The summed E-state index contributed by atoms with van der Waals surface area (Å²) in [5.41, 5.74) is 3.57. The van der Waals surface area contributed by atoms with E-state index in [9.17, 15) is 4.79 Å². The second-order valence-corrected chi connectivity index (χ2v) is 4.30. The van der Waals surface area contributed by atoms with E-state index in [1.165, 1.54) is 5.56 Å². The van der Waals surface area contributed by atoms with Gasteiger partial charge in [-0.3, -0.25) is 9.89 Å². The molecule has 1 aromatic carbocycles. The Hall–Kier alpha value is -1.90. The molecule has 1 atom stereocenters. The summed E-state index contributed by atoms with van der Waals surface area (Å²) in [6, 6.07) is 10.1. The lowest BCUT2D eigenvalue weighted by atomic mass is 9.93. The smallest absolute Gasteiger partial charge is 0.163 e. The van der Waals surface area contributed by atoms with Crippen LogP contribution in [0.1, 0.15) is 47.1 Å². The maximum atomic E-state index is 11.6. The number of nitrogens with zero attached hydrogens (tertiary/aromatic N) is 1. The van der Waals surface area contributed by atoms with Crippen molar-refractivity contribution in [1.29, 1.82) is 0 Å². The molecule has 0 saturated carbocycles. The second kappa shape index (κ2) is 4.53. The van der Waals surface area contributed by atoms with Gasteiger partial charge < -0.3 is 0 Å². The molecule has 0 saturated heterocycles. The Morgan fingerprint density at radius 2 is 1.94 bits per heavy atom. The number of Topliss-reactive ketones (excluding diaryl/α,β-unsaturated/α-hetero) is 1. The van der Waals surface area contributed by atoms with Gasteiger partial charge in [0.2, 0.25) is 0 Å². The van der Waals surface area contributed by atoms with Gasteiger partial charge in [0.05, 0.1) is 11.3 Å². The van der Waals surface area contributed by atoms with Crippen LogP contribution in [-0.2, 0) is 0 Å². The molecule has 1 N–H and O–H groups in total. The molecule has 0 aliphatic carbocycles. The topological polar surface area (TPSA) is 45.8 Å². The average molecular weight is 228 g/mol. The van der Waals surface area contributed by atoms with Gasteiger partial charge in [0.25, 0.3) is 0 Å². The molecular formula is C14H16N2O. The molecule has 0 spiro atoms. The van der Waals surface area contributed by atoms with E-state index in [4.69, 9.17) is 0 Å². The van der Waals surface area contributed by atoms with Crippen molar-refractivity contribution in [2.75, 3.05) is 0 Å². The van der Waals surface area contributed by atoms with Crippen LogP contribution in [0.4, 0.5) is 0 Å². The van der Waals surface area contributed by atoms with Crippen LogP contribution in [0, 0.1) is 6.92 Å². The minimum absolute atomic E-state index is 0.0639. The van der Waals surface area contributed by atoms with Gasteiger partial charge in [-0.2, -0.15) is 5.10 Å². The molecule has 0 amide bonds. The molecule has 3 nitrogen and oxygen atoms in total. The van der Waals surface area contributed by atoms with Gasteiger partial charge in [-0.15, -0.1) is 0 Å². The van der Waals surface area contributed by atoms with Crippen molar-refractivity contribution in [3.63, 3.8) is 0 Å². The third-order valence-electron chi connectivity index (χ3n) is 3.04. The predicted molar refractivity (Wildman–Crippen MR) is 67.3 cm³/mol. The highest BCUT2D eigenvalue weighted by Crippen LogP contribution is 2.26. The molecule has 1 heterocycles. The predicted octanol–water partition coefficient (Wildman–Crippen LogP) is 3.07. The van der Waals surface area contributed by atoms with E-state index in [0.717, 1.165) is 17.0 Å². The molecule has 0 aliphatic heterocycles. The van der Waals surface area contributed by atoms with E-state index in [1.54, 1.807) is 6.92 Å². The highest BCUT2D eigenvalue weighted by molar-refractivity contribution is 5.96. The van der Waals surface area contributed by atoms with Crippen LogP contribution in [0.15, 0.2) is 30.3 Å². The molecule has 1 aromatic heterocycles. The summed E-state index contributed by atoms with van der Waals surface area (Å²) >= 11 is 0. The fourth-order valence-electron chi connectivity index (χ4n) is 2.11. The first-order valence-electron chi connectivity index (χ1n) is 5.72. The van der Waals surface area contributed by atoms with Crippen LogP contribution >= 0.6 is 0 Å². The van der Waals surface area contributed by atoms with Crippen LogP contribution in [0.5, 0.6) is 0 Å². The molecule has 2 rings (SSSR count). The standard InChI is InChI=1S/C14H16N2O/c1-9(12-7-5-4-6-8-12)14-13(11(3)17)10(2)15-16-14/h4-9H,1-3H3,(H,15,16). The van der Waals surface area contributed by atoms with Crippen molar-refractivity contribution in [2.45, 2.75) is 26.7 Å². The van der Waals surface area contributed by atoms with E-state index in [1.807, 2.05) is 25.1 Å². The number of aromatic amines is 1. The summed E-state index contributed by atoms with van der Waals surface area (Å²) in [6.45, 7) is 5.53. The number of hydrogen-bond donors (Lipinski definition) is 1. The summed E-state index contributed by atoms with van der Waals surface area (Å²) in [4.78, 5) is 11.6. The average Bonchev–Trinajstić information content (AvgIpc) is 2.71. The van der Waals surface area contributed by atoms with Gasteiger partial charge >= 0.3 is 0 Å². The normalized spacial score (nSPS) is 12.4. The fourth-order valence-corrected chi connectivity index (χ4v) is 2.11. The SMILES string of the molecule is CC(=O)c1c(C(C)c2ccccc2)n[nH]c1C. The molecule has 0 radical (unpaired) electrons. The number of carbonyl (C=O) groups excluding carboxylic acids is 1. The zero-order valence-corrected chi connectivity index (χ0v) is 10.3. The first-order chi connectivity index (χ1) is 8.11. The van der Waals surface area contributed by atoms with Gasteiger partial charge in [-0.05, 0) is 19.4 Å². The van der Waals surface area contributed by atoms with Crippen LogP contribution in [0.2, 0.25) is 0 Å². The highest BCUT2D eigenvalue weighted by atomic mass is 16.1. The first-order valence-corrected chi connectivity index (χ1v) is 5.72. The van der Waals surface area contributed by atoms with Crippen molar-refractivity contribution in [1.82, 2.24) is 10.2 Å².